The van der Waals surface area contributed by atoms with Gasteiger partial charge in [-0.3, -0.25) is 24.0 Å². The highest BCUT2D eigenvalue weighted by molar-refractivity contribution is 5.96. The lowest BCUT2D eigenvalue weighted by molar-refractivity contribution is -0.291. The quantitative estimate of drug-likeness (QED) is 0.182. The van der Waals surface area contributed by atoms with Crippen molar-refractivity contribution in [3.63, 3.8) is 0 Å². The van der Waals surface area contributed by atoms with Gasteiger partial charge in [-0.25, -0.2) is 4.79 Å². The van der Waals surface area contributed by atoms with Gasteiger partial charge in [0, 0.05) is 44.9 Å². The number of benzene rings is 1. The first-order valence-electron chi connectivity index (χ1n) is 19.6. The third-order valence-electron chi connectivity index (χ3n) is 15.5. The van der Waals surface area contributed by atoms with Gasteiger partial charge in [0.15, 0.2) is 23.8 Å². The standard InChI is InChI=1S/C44H54O12/c1-22-17-32(55-37(49)28-15-13-12-14-16-28)42(10)36(54-27(6)47)35(53-26(5)46)41(9)21-43(42,56-38(41)50)44(22)23(2)19-40(8)31-18-29(48)33(51-11)24(3)39(31,7)20-30(34(40)44)52-25(4)45/h12-17,23,30-32,34-36H,18-21H2,1-11H3/t23-,30+,31+,32-,34-,35+,36-,39+,40-,41-,42-,43+,44+/m0/s1. The Morgan fingerprint density at radius 1 is 0.804 bits per heavy atom. The van der Waals surface area contributed by atoms with E-state index in [0.29, 0.717) is 18.6 Å². The highest BCUT2D eigenvalue weighted by Crippen LogP contribution is 2.82. The Morgan fingerprint density at radius 3 is 2.00 bits per heavy atom. The number of allylic oxidation sites excluding steroid dienone is 2. The molecule has 1 saturated heterocycles. The minimum atomic E-state index is -1.59. The normalized spacial score (nSPS) is 43.4. The number of fused-ring (bicyclic) bond motifs is 5. The third kappa shape index (κ3) is 4.88. The molecule has 0 N–H and O–H groups in total. The summed E-state index contributed by atoms with van der Waals surface area (Å²) in [6.07, 6.45) is -1.56. The molecule has 302 valence electrons. The van der Waals surface area contributed by atoms with Gasteiger partial charge in [-0.05, 0) is 87.0 Å². The maximum absolute atomic E-state index is 14.8. The van der Waals surface area contributed by atoms with Crippen LogP contribution in [0.2, 0.25) is 0 Å². The molecule has 12 heteroatoms. The van der Waals surface area contributed by atoms with Crippen molar-refractivity contribution in [3.8, 4) is 0 Å². The molecule has 1 aliphatic heterocycles. The number of ether oxygens (including phenoxy) is 6. The predicted octanol–water partition coefficient (Wildman–Crippen LogP) is 6.25. The van der Waals surface area contributed by atoms with Gasteiger partial charge < -0.3 is 28.4 Å². The smallest absolute Gasteiger partial charge is 0.338 e. The minimum Gasteiger partial charge on any atom is -0.493 e. The molecule has 56 heavy (non-hydrogen) atoms. The van der Waals surface area contributed by atoms with E-state index in [9.17, 15) is 28.8 Å². The number of Topliss-reactive ketones (excluding diaryl/α,β-unsaturated/α-hetero) is 1. The fourth-order valence-electron chi connectivity index (χ4n) is 13.6. The summed E-state index contributed by atoms with van der Waals surface area (Å²) in [6, 6.07) is 8.47. The number of hydrogen-bond donors (Lipinski definition) is 0. The maximum atomic E-state index is 14.8. The van der Waals surface area contributed by atoms with E-state index in [1.165, 1.54) is 27.9 Å². The van der Waals surface area contributed by atoms with Crippen LogP contribution >= 0.6 is 0 Å². The Kier molecular flexibility index (Phi) is 9.06. The molecule has 0 unspecified atom stereocenters. The lowest BCUT2D eigenvalue weighted by Crippen LogP contribution is -2.78. The van der Waals surface area contributed by atoms with Crippen LogP contribution in [-0.2, 0) is 52.4 Å². The van der Waals surface area contributed by atoms with Crippen LogP contribution in [0.5, 0.6) is 0 Å². The zero-order chi connectivity index (χ0) is 41.1. The van der Waals surface area contributed by atoms with E-state index in [-0.39, 0.29) is 36.0 Å². The number of rotatable bonds is 6. The first-order valence-corrected chi connectivity index (χ1v) is 19.6. The fourth-order valence-corrected chi connectivity index (χ4v) is 13.6. The van der Waals surface area contributed by atoms with E-state index in [1.54, 1.807) is 44.2 Å². The molecule has 12 nitrogen and oxygen atoms in total. The molecule has 7 rings (SSSR count). The number of hydrogen-bond acceptors (Lipinski definition) is 12. The monoisotopic (exact) mass is 774 g/mol. The molecule has 1 aromatic rings. The molecule has 1 heterocycles. The van der Waals surface area contributed by atoms with Crippen LogP contribution in [0.4, 0.5) is 0 Å². The lowest BCUT2D eigenvalue weighted by atomic mass is 9.36. The van der Waals surface area contributed by atoms with Gasteiger partial charge in [0.25, 0.3) is 0 Å². The zero-order valence-electron chi connectivity index (χ0n) is 34.2. The second kappa shape index (κ2) is 12.8. The number of methoxy groups -OCH3 is 1. The van der Waals surface area contributed by atoms with E-state index < -0.39 is 92.9 Å². The van der Waals surface area contributed by atoms with Gasteiger partial charge in [-0.1, -0.05) is 44.5 Å². The fraction of sp³-hybridized carbons (Fsp3) is 0.636. The van der Waals surface area contributed by atoms with E-state index in [1.807, 2.05) is 19.9 Å². The van der Waals surface area contributed by atoms with Crippen LogP contribution in [0.25, 0.3) is 0 Å². The maximum Gasteiger partial charge on any atom is 0.338 e. The number of carbonyl (C=O) groups excluding carboxylic acids is 6. The van der Waals surface area contributed by atoms with Gasteiger partial charge in [0.05, 0.1) is 18.1 Å². The Bertz CT molecular complexity index is 1980. The molecule has 5 aliphatic carbocycles. The molecule has 2 spiro atoms. The van der Waals surface area contributed by atoms with Crippen molar-refractivity contribution in [2.45, 2.75) is 125 Å². The minimum absolute atomic E-state index is 0.00689. The lowest BCUT2D eigenvalue weighted by Gasteiger charge is -2.69. The van der Waals surface area contributed by atoms with Crippen molar-refractivity contribution in [1.29, 1.82) is 0 Å². The van der Waals surface area contributed by atoms with Crippen LogP contribution in [0.15, 0.2) is 53.3 Å². The van der Waals surface area contributed by atoms with Crippen LogP contribution in [-0.4, -0.2) is 72.8 Å². The summed E-state index contributed by atoms with van der Waals surface area (Å²) in [6.45, 7) is 17.5. The number of esters is 5. The topological polar surface area (TPSA) is 158 Å². The second-order valence-electron chi connectivity index (χ2n) is 18.3. The molecule has 4 fully saturated rings. The molecule has 0 radical (unpaired) electrons. The molecule has 3 saturated carbocycles. The summed E-state index contributed by atoms with van der Waals surface area (Å²) in [5, 5.41) is 0. The van der Waals surface area contributed by atoms with E-state index in [4.69, 9.17) is 28.4 Å². The molecular weight excluding hydrogens is 720 g/mol. The Morgan fingerprint density at radius 2 is 1.41 bits per heavy atom. The third-order valence-corrected chi connectivity index (χ3v) is 15.5. The number of carbonyl (C=O) groups is 6. The summed E-state index contributed by atoms with van der Waals surface area (Å²) < 4.78 is 37.8. The van der Waals surface area contributed by atoms with Crippen LogP contribution in [0, 0.1) is 44.8 Å². The SMILES string of the molecule is COC1=C(C)[C@@]2(C)C[C@@H](OC(C)=O)[C@H]3[C@@](C)(C[C@H](C)[C@]34C(C)=C[C@H](OC(=O)c3ccccc3)[C@@]3(C)[C@@H](OC(C)=O)[C@@H](OC(C)=O)[C@]5(C)C[C@@]34OC5=O)[C@@H]2CC1=O. The molecule has 1 aromatic carbocycles. The molecule has 6 aliphatic rings. The molecule has 2 bridgehead atoms. The van der Waals surface area contributed by atoms with Crippen molar-refractivity contribution in [2.24, 2.45) is 44.8 Å². The summed E-state index contributed by atoms with van der Waals surface area (Å²) in [7, 11) is 1.50. The Hall–Kier alpha value is -4.48. The van der Waals surface area contributed by atoms with Gasteiger partial charge in [0.1, 0.15) is 23.2 Å². The average molecular weight is 775 g/mol. The van der Waals surface area contributed by atoms with E-state index in [2.05, 4.69) is 20.8 Å². The largest absolute Gasteiger partial charge is 0.493 e. The first-order chi connectivity index (χ1) is 26.1. The molecule has 0 aromatic heterocycles. The summed E-state index contributed by atoms with van der Waals surface area (Å²) in [5.41, 5.74) is -5.25. The van der Waals surface area contributed by atoms with Crippen molar-refractivity contribution in [3.05, 3.63) is 58.9 Å². The van der Waals surface area contributed by atoms with E-state index in [0.717, 1.165) is 11.1 Å². The molecular formula is C44H54O12. The average Bonchev–Trinajstić information content (AvgIpc) is 3.52. The zero-order valence-corrected chi connectivity index (χ0v) is 34.2. The van der Waals surface area contributed by atoms with Crippen molar-refractivity contribution in [2.75, 3.05) is 7.11 Å². The van der Waals surface area contributed by atoms with Crippen LogP contribution in [0.3, 0.4) is 0 Å². The number of ketones is 1. The van der Waals surface area contributed by atoms with Crippen molar-refractivity contribution >= 4 is 35.6 Å². The molecule has 13 atom stereocenters. The summed E-state index contributed by atoms with van der Waals surface area (Å²) in [5.74, 6) is -4.00. The summed E-state index contributed by atoms with van der Waals surface area (Å²) >= 11 is 0. The van der Waals surface area contributed by atoms with Crippen LogP contribution < -0.4 is 0 Å². The highest BCUT2D eigenvalue weighted by Gasteiger charge is 2.89. The van der Waals surface area contributed by atoms with Gasteiger partial charge in [0.2, 0.25) is 0 Å². The van der Waals surface area contributed by atoms with Crippen molar-refractivity contribution < 1.29 is 57.2 Å². The van der Waals surface area contributed by atoms with Crippen LogP contribution in [0.1, 0.15) is 105 Å². The Balaban J connectivity index is 1.55. The first kappa shape index (κ1) is 39.7. The second-order valence-corrected chi connectivity index (χ2v) is 18.3. The van der Waals surface area contributed by atoms with Gasteiger partial charge in [-0.15, -0.1) is 0 Å². The van der Waals surface area contributed by atoms with Crippen molar-refractivity contribution in [1.82, 2.24) is 0 Å². The highest BCUT2D eigenvalue weighted by atomic mass is 16.6. The molecule has 0 amide bonds. The van der Waals surface area contributed by atoms with Gasteiger partial charge in [-0.2, -0.15) is 0 Å². The predicted molar refractivity (Wildman–Crippen MR) is 199 cm³/mol. The van der Waals surface area contributed by atoms with E-state index >= 15 is 0 Å². The van der Waals surface area contributed by atoms with Gasteiger partial charge >= 0.3 is 29.8 Å². The summed E-state index contributed by atoms with van der Waals surface area (Å²) in [4.78, 5) is 82.0. The Labute approximate surface area is 328 Å².